The van der Waals surface area contributed by atoms with E-state index in [1.165, 1.54) is 11.1 Å². The van der Waals surface area contributed by atoms with E-state index in [1.54, 1.807) is 6.92 Å². The predicted octanol–water partition coefficient (Wildman–Crippen LogP) is 5.87. The van der Waals surface area contributed by atoms with Crippen LogP contribution in [0.15, 0.2) is 59.9 Å². The van der Waals surface area contributed by atoms with Crippen LogP contribution in [0.1, 0.15) is 63.0 Å². The quantitative estimate of drug-likeness (QED) is 0.239. The van der Waals surface area contributed by atoms with E-state index in [9.17, 15) is 14.7 Å². The van der Waals surface area contributed by atoms with Crippen molar-refractivity contribution in [1.29, 1.82) is 0 Å². The van der Waals surface area contributed by atoms with Gasteiger partial charge >= 0.3 is 12.1 Å². The summed E-state index contributed by atoms with van der Waals surface area (Å²) in [7, 11) is 0. The highest BCUT2D eigenvalue weighted by Crippen LogP contribution is 2.44. The molecule has 6 nitrogen and oxygen atoms in total. The molecule has 0 spiro atoms. The number of nitrogens with one attached hydrogen (secondary N) is 1. The number of benzene rings is 2. The highest BCUT2D eigenvalue weighted by Gasteiger charge is 2.28. The molecule has 0 saturated carbocycles. The molecular weight excluding hydrogens is 418 g/mol. The fourth-order valence-corrected chi connectivity index (χ4v) is 4.18. The van der Waals surface area contributed by atoms with Crippen molar-refractivity contribution in [2.24, 2.45) is 0 Å². The van der Waals surface area contributed by atoms with E-state index in [2.05, 4.69) is 36.5 Å². The van der Waals surface area contributed by atoms with E-state index in [1.807, 2.05) is 24.3 Å². The molecule has 1 aliphatic carbocycles. The number of rotatable bonds is 12. The van der Waals surface area contributed by atoms with Crippen LogP contribution in [0.25, 0.3) is 11.1 Å². The van der Waals surface area contributed by atoms with Crippen molar-refractivity contribution in [3.05, 3.63) is 71.0 Å². The van der Waals surface area contributed by atoms with Crippen molar-refractivity contribution in [2.75, 3.05) is 19.8 Å². The van der Waals surface area contributed by atoms with Crippen LogP contribution >= 0.6 is 0 Å². The zero-order valence-electron chi connectivity index (χ0n) is 19.4. The molecule has 0 radical (unpaired) electrons. The number of fused-ring (bicyclic) bond motifs is 3. The zero-order chi connectivity index (χ0) is 23.6. The first-order valence-electron chi connectivity index (χ1n) is 11.7. The number of carboxylic acid groups (broad SMARTS) is 1. The molecule has 6 heteroatoms. The third kappa shape index (κ3) is 6.37. The maximum absolute atomic E-state index is 12.3. The largest absolute Gasteiger partial charge is 0.496 e. The minimum Gasteiger partial charge on any atom is -0.496 e. The van der Waals surface area contributed by atoms with Crippen LogP contribution in [-0.4, -0.2) is 36.9 Å². The lowest BCUT2D eigenvalue weighted by atomic mass is 9.98. The monoisotopic (exact) mass is 451 g/mol. The summed E-state index contributed by atoms with van der Waals surface area (Å²) >= 11 is 0. The van der Waals surface area contributed by atoms with Crippen molar-refractivity contribution in [3.8, 4) is 11.1 Å². The molecule has 2 N–H and O–H groups in total. The second-order valence-electron chi connectivity index (χ2n) is 8.26. The Morgan fingerprint density at radius 2 is 1.58 bits per heavy atom. The first-order valence-corrected chi connectivity index (χ1v) is 11.7. The van der Waals surface area contributed by atoms with Crippen molar-refractivity contribution in [1.82, 2.24) is 5.32 Å². The molecule has 0 heterocycles. The number of allylic oxidation sites excluding steroid dienone is 1. The number of unbranched alkanes of at least 4 members (excludes halogenated alkanes) is 3. The third-order valence-electron chi connectivity index (χ3n) is 5.99. The molecule has 3 rings (SSSR count). The van der Waals surface area contributed by atoms with Gasteiger partial charge in [-0.2, -0.15) is 0 Å². The summed E-state index contributed by atoms with van der Waals surface area (Å²) in [6.07, 6.45) is 4.22. The first-order chi connectivity index (χ1) is 16.0. The Labute approximate surface area is 195 Å². The van der Waals surface area contributed by atoms with Gasteiger partial charge < -0.3 is 19.9 Å². The van der Waals surface area contributed by atoms with Gasteiger partial charge in [0.25, 0.3) is 0 Å². The Morgan fingerprint density at radius 1 is 0.939 bits per heavy atom. The lowest BCUT2D eigenvalue weighted by molar-refractivity contribution is -0.132. The lowest BCUT2D eigenvalue weighted by Crippen LogP contribution is -2.29. The molecule has 0 unspecified atom stereocenters. The molecule has 2 aromatic carbocycles. The minimum absolute atomic E-state index is 0.00951. The number of aliphatic carboxylic acids is 1. The summed E-state index contributed by atoms with van der Waals surface area (Å²) < 4.78 is 11.2. The first kappa shape index (κ1) is 24.4. The predicted molar refractivity (Wildman–Crippen MR) is 128 cm³/mol. The van der Waals surface area contributed by atoms with Crippen LogP contribution in [0.2, 0.25) is 0 Å². The molecule has 0 aromatic heterocycles. The molecule has 0 aliphatic heterocycles. The number of amides is 1. The number of alkyl carbamates (subject to hydrolysis) is 1. The smallest absolute Gasteiger partial charge is 0.407 e. The Hall–Kier alpha value is -3.28. The maximum atomic E-state index is 12.3. The van der Waals surface area contributed by atoms with Gasteiger partial charge in [-0.05, 0) is 35.6 Å². The van der Waals surface area contributed by atoms with Crippen LogP contribution in [-0.2, 0) is 14.3 Å². The summed E-state index contributed by atoms with van der Waals surface area (Å²) in [5.41, 5.74) is 4.91. The van der Waals surface area contributed by atoms with Gasteiger partial charge in [-0.25, -0.2) is 9.59 Å². The van der Waals surface area contributed by atoms with Crippen LogP contribution < -0.4 is 5.32 Å². The second-order valence-corrected chi connectivity index (χ2v) is 8.26. The van der Waals surface area contributed by atoms with Crippen LogP contribution in [0.3, 0.4) is 0 Å². The highest BCUT2D eigenvalue weighted by atomic mass is 16.5. The number of carbonyl (C=O) groups is 2. The third-order valence-corrected chi connectivity index (χ3v) is 5.99. The lowest BCUT2D eigenvalue weighted by Gasteiger charge is -2.15. The average Bonchev–Trinajstić information content (AvgIpc) is 3.15. The van der Waals surface area contributed by atoms with Crippen LogP contribution in [0.4, 0.5) is 4.79 Å². The van der Waals surface area contributed by atoms with Gasteiger partial charge in [0, 0.05) is 12.3 Å². The molecular formula is C27H33NO5. The SMILES string of the molecule is CCCCCC/C(OCCNC(=O)OCC1c2ccccc2-c2ccccc21)=C(\C)C(=O)O. The number of ether oxygens (including phenoxy) is 2. The minimum atomic E-state index is -0.981. The summed E-state index contributed by atoms with van der Waals surface area (Å²) in [5, 5.41) is 12.0. The summed E-state index contributed by atoms with van der Waals surface area (Å²) in [6.45, 7) is 4.36. The van der Waals surface area contributed by atoms with Crippen molar-refractivity contribution < 1.29 is 24.2 Å². The van der Waals surface area contributed by atoms with Gasteiger partial charge in [0.1, 0.15) is 19.0 Å². The molecule has 176 valence electrons. The molecule has 1 aliphatic rings. The van der Waals surface area contributed by atoms with Gasteiger partial charge in [0.2, 0.25) is 0 Å². The van der Waals surface area contributed by atoms with Gasteiger partial charge in [-0.3, -0.25) is 0 Å². The van der Waals surface area contributed by atoms with Crippen LogP contribution in [0.5, 0.6) is 0 Å². The fourth-order valence-electron chi connectivity index (χ4n) is 4.18. The average molecular weight is 452 g/mol. The van der Waals surface area contributed by atoms with Gasteiger partial charge in [0.05, 0.1) is 12.1 Å². The topological polar surface area (TPSA) is 84.9 Å². The van der Waals surface area contributed by atoms with E-state index in [0.717, 1.165) is 36.8 Å². The Balaban J connectivity index is 1.47. The Kier molecular flexibility index (Phi) is 8.93. The number of carboxylic acids is 1. The number of carbonyl (C=O) groups excluding carboxylic acids is 1. The summed E-state index contributed by atoms with van der Waals surface area (Å²) in [6, 6.07) is 16.4. The van der Waals surface area contributed by atoms with E-state index in [-0.39, 0.29) is 31.2 Å². The normalized spacial score (nSPS) is 13.0. The van der Waals surface area contributed by atoms with E-state index in [4.69, 9.17) is 9.47 Å². The van der Waals surface area contributed by atoms with Crippen molar-refractivity contribution in [3.63, 3.8) is 0 Å². The van der Waals surface area contributed by atoms with Crippen molar-refractivity contribution >= 4 is 12.1 Å². The zero-order valence-corrected chi connectivity index (χ0v) is 19.4. The molecule has 0 fully saturated rings. The Morgan fingerprint density at radius 3 is 2.18 bits per heavy atom. The van der Waals surface area contributed by atoms with Gasteiger partial charge in [-0.15, -0.1) is 0 Å². The molecule has 33 heavy (non-hydrogen) atoms. The second kappa shape index (κ2) is 12.1. The maximum Gasteiger partial charge on any atom is 0.407 e. The van der Waals surface area contributed by atoms with Gasteiger partial charge in [0.15, 0.2) is 0 Å². The molecule has 0 atom stereocenters. The molecule has 1 amide bonds. The summed E-state index contributed by atoms with van der Waals surface area (Å²) in [4.78, 5) is 23.6. The van der Waals surface area contributed by atoms with E-state index < -0.39 is 12.1 Å². The van der Waals surface area contributed by atoms with E-state index >= 15 is 0 Å². The molecule has 0 saturated heterocycles. The fraction of sp³-hybridized carbons (Fsp3) is 0.407. The molecule has 0 bridgehead atoms. The number of hydrogen-bond acceptors (Lipinski definition) is 4. The Bertz CT molecular complexity index is 952. The standard InChI is InChI=1S/C27H33NO5/c1-3-4-5-6-15-25(19(2)26(29)30)32-17-16-28-27(31)33-18-24-22-13-9-7-11-20(22)21-12-8-10-14-23(21)24/h7-14,24H,3-6,15-18H2,1-2H3,(H,28,31)(H,29,30)/b25-19-. The summed E-state index contributed by atoms with van der Waals surface area (Å²) in [5.74, 6) is -0.492. The van der Waals surface area contributed by atoms with Gasteiger partial charge in [-0.1, -0.05) is 74.7 Å². The molecule has 2 aromatic rings. The highest BCUT2D eigenvalue weighted by molar-refractivity contribution is 5.86. The van der Waals surface area contributed by atoms with Crippen molar-refractivity contribution in [2.45, 2.75) is 51.9 Å². The van der Waals surface area contributed by atoms with Crippen LogP contribution in [0, 0.1) is 0 Å². The number of hydrogen-bond donors (Lipinski definition) is 2. The van der Waals surface area contributed by atoms with E-state index in [0.29, 0.717) is 12.2 Å².